The molecule has 0 radical (unpaired) electrons. The third kappa shape index (κ3) is 2.42. The predicted octanol–water partition coefficient (Wildman–Crippen LogP) is 2.19. The Kier molecular flexibility index (Phi) is 3.60. The molecule has 1 amide bonds. The summed E-state index contributed by atoms with van der Waals surface area (Å²) in [4.78, 5) is 14.3. The van der Waals surface area contributed by atoms with Gasteiger partial charge in [0.05, 0.1) is 6.10 Å². The van der Waals surface area contributed by atoms with E-state index in [1.165, 1.54) is 32.1 Å². The molecule has 0 spiro atoms. The van der Waals surface area contributed by atoms with Gasteiger partial charge in [0.25, 0.3) is 0 Å². The monoisotopic (exact) mass is 251 g/mol. The highest BCUT2D eigenvalue weighted by molar-refractivity contribution is 5.76. The van der Waals surface area contributed by atoms with Crippen molar-refractivity contribution in [1.29, 1.82) is 0 Å². The van der Waals surface area contributed by atoms with Crippen LogP contribution in [-0.4, -0.2) is 35.1 Å². The summed E-state index contributed by atoms with van der Waals surface area (Å²) in [6.45, 7) is 1.73. The molecule has 1 heterocycles. The molecule has 3 heteroatoms. The second kappa shape index (κ2) is 5.20. The van der Waals surface area contributed by atoms with Gasteiger partial charge >= 0.3 is 0 Å². The number of fused-ring (bicyclic) bond motifs is 1. The topological polar surface area (TPSA) is 40.5 Å². The first-order valence-corrected chi connectivity index (χ1v) is 7.70. The number of hydrogen-bond donors (Lipinski definition) is 1. The first kappa shape index (κ1) is 12.5. The molecular weight excluding hydrogens is 226 g/mol. The van der Waals surface area contributed by atoms with Crippen LogP contribution in [0.1, 0.15) is 51.4 Å². The average Bonchev–Trinajstić information content (AvgIpc) is 2.93. The summed E-state index contributed by atoms with van der Waals surface area (Å²) >= 11 is 0. The first-order chi connectivity index (χ1) is 8.74. The minimum absolute atomic E-state index is 0.150. The highest BCUT2D eigenvalue weighted by atomic mass is 16.3. The molecule has 0 aromatic carbocycles. The Hall–Kier alpha value is -0.570. The van der Waals surface area contributed by atoms with Gasteiger partial charge in [-0.15, -0.1) is 0 Å². The number of nitrogens with zero attached hydrogens (tertiary/aromatic N) is 1. The summed E-state index contributed by atoms with van der Waals surface area (Å²) in [5.41, 5.74) is 0. The van der Waals surface area contributed by atoms with E-state index in [4.69, 9.17) is 0 Å². The molecule has 2 aliphatic carbocycles. The molecule has 3 fully saturated rings. The van der Waals surface area contributed by atoms with Crippen molar-refractivity contribution in [3.63, 3.8) is 0 Å². The van der Waals surface area contributed by atoms with Crippen LogP contribution >= 0.6 is 0 Å². The third-order valence-corrected chi connectivity index (χ3v) is 5.36. The Morgan fingerprint density at radius 3 is 2.56 bits per heavy atom. The summed E-state index contributed by atoms with van der Waals surface area (Å²) in [5, 5.41) is 9.88. The van der Waals surface area contributed by atoms with Crippen LogP contribution in [-0.2, 0) is 4.79 Å². The number of rotatable bonds is 2. The largest absolute Gasteiger partial charge is 0.393 e. The third-order valence-electron chi connectivity index (χ3n) is 5.36. The Balaban J connectivity index is 1.51. The van der Waals surface area contributed by atoms with E-state index in [1.807, 2.05) is 4.90 Å². The Morgan fingerprint density at radius 1 is 1.06 bits per heavy atom. The number of aliphatic hydroxyl groups excluding tert-OH is 1. The Morgan fingerprint density at radius 2 is 1.83 bits per heavy atom. The second-order valence-corrected chi connectivity index (χ2v) is 6.58. The summed E-state index contributed by atoms with van der Waals surface area (Å²) in [6, 6.07) is 0. The van der Waals surface area contributed by atoms with Crippen LogP contribution in [0, 0.1) is 17.8 Å². The fourth-order valence-electron chi connectivity index (χ4n) is 4.21. The van der Waals surface area contributed by atoms with Gasteiger partial charge in [-0.05, 0) is 37.5 Å². The lowest BCUT2D eigenvalue weighted by molar-refractivity contribution is -0.131. The molecule has 2 saturated carbocycles. The highest BCUT2D eigenvalue weighted by Gasteiger charge is 2.43. The smallest absolute Gasteiger partial charge is 0.222 e. The van der Waals surface area contributed by atoms with Gasteiger partial charge in [-0.2, -0.15) is 0 Å². The zero-order valence-electron chi connectivity index (χ0n) is 11.2. The minimum Gasteiger partial charge on any atom is -0.393 e. The van der Waals surface area contributed by atoms with Crippen LogP contribution < -0.4 is 0 Å². The zero-order chi connectivity index (χ0) is 12.5. The zero-order valence-corrected chi connectivity index (χ0v) is 11.2. The molecule has 3 unspecified atom stereocenters. The summed E-state index contributed by atoms with van der Waals surface area (Å²) < 4.78 is 0. The van der Waals surface area contributed by atoms with Gasteiger partial charge in [0.1, 0.15) is 0 Å². The quantitative estimate of drug-likeness (QED) is 0.817. The molecule has 3 aliphatic rings. The van der Waals surface area contributed by atoms with Crippen LogP contribution in [0.2, 0.25) is 0 Å². The maximum atomic E-state index is 12.3. The second-order valence-electron chi connectivity index (χ2n) is 6.58. The lowest BCUT2D eigenvalue weighted by Crippen LogP contribution is -2.32. The number of aliphatic hydroxyl groups is 1. The number of amides is 1. The van der Waals surface area contributed by atoms with E-state index in [0.717, 1.165) is 32.4 Å². The molecule has 0 aromatic heterocycles. The number of carbonyl (C=O) groups excluding carboxylic acids is 1. The lowest BCUT2D eigenvalue weighted by Gasteiger charge is -2.24. The lowest BCUT2D eigenvalue weighted by atomic mass is 9.86. The van der Waals surface area contributed by atoms with Crippen LogP contribution in [0.15, 0.2) is 0 Å². The van der Waals surface area contributed by atoms with E-state index >= 15 is 0 Å². The number of hydrogen-bond acceptors (Lipinski definition) is 2. The van der Waals surface area contributed by atoms with Crippen molar-refractivity contribution < 1.29 is 9.90 Å². The summed E-state index contributed by atoms with van der Waals surface area (Å²) in [5.74, 6) is 1.94. The SMILES string of the molecule is O=C(CC1CCCCC1)N1CC2CCC(O)C2C1. The normalized spacial score (nSPS) is 36.9. The molecular formula is C15H25NO2. The molecule has 3 nitrogen and oxygen atoms in total. The van der Waals surface area contributed by atoms with Crippen molar-refractivity contribution in [3.05, 3.63) is 0 Å². The molecule has 1 aliphatic heterocycles. The summed E-state index contributed by atoms with van der Waals surface area (Å²) in [7, 11) is 0. The fraction of sp³-hybridized carbons (Fsp3) is 0.933. The average molecular weight is 251 g/mol. The van der Waals surface area contributed by atoms with Crippen molar-refractivity contribution in [2.45, 2.75) is 57.5 Å². The van der Waals surface area contributed by atoms with E-state index < -0.39 is 0 Å². The van der Waals surface area contributed by atoms with Crippen molar-refractivity contribution >= 4 is 5.91 Å². The number of likely N-dealkylation sites (tertiary alicyclic amines) is 1. The first-order valence-electron chi connectivity index (χ1n) is 7.70. The van der Waals surface area contributed by atoms with Gasteiger partial charge in [-0.25, -0.2) is 0 Å². The van der Waals surface area contributed by atoms with E-state index in [9.17, 15) is 9.90 Å². The van der Waals surface area contributed by atoms with E-state index in [2.05, 4.69) is 0 Å². The molecule has 1 N–H and O–H groups in total. The maximum Gasteiger partial charge on any atom is 0.222 e. The van der Waals surface area contributed by atoms with Gasteiger partial charge in [0.15, 0.2) is 0 Å². The van der Waals surface area contributed by atoms with Crippen molar-refractivity contribution in [2.24, 2.45) is 17.8 Å². The van der Waals surface area contributed by atoms with Gasteiger partial charge in [0, 0.05) is 25.4 Å². The van der Waals surface area contributed by atoms with Crippen molar-refractivity contribution in [3.8, 4) is 0 Å². The standard InChI is InChI=1S/C15H25NO2/c17-14-7-6-12-9-16(10-13(12)14)15(18)8-11-4-2-1-3-5-11/h11-14,17H,1-10H2. The molecule has 3 atom stereocenters. The van der Waals surface area contributed by atoms with E-state index in [-0.39, 0.29) is 6.10 Å². The molecule has 102 valence electrons. The van der Waals surface area contributed by atoms with Crippen LogP contribution in [0.3, 0.4) is 0 Å². The van der Waals surface area contributed by atoms with Crippen molar-refractivity contribution in [2.75, 3.05) is 13.1 Å². The summed E-state index contributed by atoms with van der Waals surface area (Å²) in [6.07, 6.45) is 9.12. The minimum atomic E-state index is -0.150. The van der Waals surface area contributed by atoms with Gasteiger partial charge < -0.3 is 10.0 Å². The van der Waals surface area contributed by atoms with E-state index in [1.54, 1.807) is 0 Å². The van der Waals surface area contributed by atoms with Crippen LogP contribution in [0.25, 0.3) is 0 Å². The highest BCUT2D eigenvalue weighted by Crippen LogP contribution is 2.38. The molecule has 3 rings (SSSR count). The van der Waals surface area contributed by atoms with Crippen LogP contribution in [0.4, 0.5) is 0 Å². The van der Waals surface area contributed by atoms with Crippen LogP contribution in [0.5, 0.6) is 0 Å². The molecule has 18 heavy (non-hydrogen) atoms. The molecule has 0 bridgehead atoms. The predicted molar refractivity (Wildman–Crippen MR) is 70.0 cm³/mol. The van der Waals surface area contributed by atoms with Gasteiger partial charge in [0.2, 0.25) is 5.91 Å². The molecule has 0 aromatic rings. The Bertz CT molecular complexity index is 312. The fourth-order valence-corrected chi connectivity index (χ4v) is 4.21. The molecule has 1 saturated heterocycles. The van der Waals surface area contributed by atoms with Gasteiger partial charge in [-0.3, -0.25) is 4.79 Å². The Labute approximate surface area is 110 Å². The number of carbonyl (C=O) groups is 1. The maximum absolute atomic E-state index is 12.3. The van der Waals surface area contributed by atoms with Crippen molar-refractivity contribution in [1.82, 2.24) is 4.90 Å². The van der Waals surface area contributed by atoms with E-state index in [0.29, 0.717) is 23.7 Å². The van der Waals surface area contributed by atoms with Gasteiger partial charge in [-0.1, -0.05) is 19.3 Å².